The van der Waals surface area contributed by atoms with Gasteiger partial charge < -0.3 is 18.4 Å². The molecule has 0 saturated heterocycles. The normalized spacial score (nSPS) is 14.6. The van der Waals surface area contributed by atoms with Crippen LogP contribution in [0.5, 0.6) is 0 Å². The van der Waals surface area contributed by atoms with Crippen LogP contribution in [0.1, 0.15) is 33.1 Å². The first-order chi connectivity index (χ1) is 8.47. The maximum atomic E-state index is 10.7. The van der Waals surface area contributed by atoms with Gasteiger partial charge in [-0.2, -0.15) is 0 Å². The van der Waals surface area contributed by atoms with Gasteiger partial charge in [0.25, 0.3) is 0 Å². The summed E-state index contributed by atoms with van der Waals surface area (Å²) in [6.07, 6.45) is 4.08. The number of hydrogen-bond acceptors (Lipinski definition) is 4. The summed E-state index contributed by atoms with van der Waals surface area (Å²) in [6.45, 7) is 3.65. The fourth-order valence-electron chi connectivity index (χ4n) is 1.97. The van der Waals surface area contributed by atoms with Gasteiger partial charge >= 0.3 is 14.8 Å². The van der Waals surface area contributed by atoms with E-state index in [0.29, 0.717) is 12.0 Å². The zero-order valence-corrected chi connectivity index (χ0v) is 12.9. The van der Waals surface area contributed by atoms with Crippen LogP contribution >= 0.6 is 0 Å². The third kappa shape index (κ3) is 4.53. The minimum Gasteiger partial charge on any atom is -0.478 e. The largest absolute Gasteiger partial charge is 0.503 e. The van der Waals surface area contributed by atoms with Crippen molar-refractivity contribution >= 4 is 14.8 Å². The summed E-state index contributed by atoms with van der Waals surface area (Å²) in [7, 11) is 2.17. The van der Waals surface area contributed by atoms with Crippen molar-refractivity contribution in [2.45, 2.75) is 38.7 Å². The third-order valence-electron chi connectivity index (χ3n) is 3.15. The van der Waals surface area contributed by atoms with Crippen LogP contribution in [0.2, 0.25) is 5.54 Å². The van der Waals surface area contributed by atoms with Gasteiger partial charge in [0.1, 0.15) is 0 Å². The second kappa shape index (κ2) is 8.42. The monoisotopic (exact) mass is 276 g/mol. The van der Waals surface area contributed by atoms with Gasteiger partial charge in [-0.1, -0.05) is 13.0 Å². The zero-order chi connectivity index (χ0) is 14.2. The number of carbonyl (C=O) groups is 1. The number of aliphatic carboxylic acids is 1. The Morgan fingerprint density at radius 1 is 1.28 bits per heavy atom. The average Bonchev–Trinajstić information content (AvgIpc) is 2.38. The van der Waals surface area contributed by atoms with Crippen LogP contribution < -0.4 is 0 Å². The topological polar surface area (TPSA) is 65.0 Å². The maximum Gasteiger partial charge on any atom is 0.503 e. The minimum absolute atomic E-state index is 0.176. The smallest absolute Gasteiger partial charge is 0.478 e. The van der Waals surface area contributed by atoms with E-state index in [0.717, 1.165) is 12.8 Å². The van der Waals surface area contributed by atoms with Crippen LogP contribution in [0.15, 0.2) is 11.6 Å². The van der Waals surface area contributed by atoms with Crippen molar-refractivity contribution in [1.82, 2.24) is 0 Å². The van der Waals surface area contributed by atoms with Gasteiger partial charge in [-0.15, -0.1) is 0 Å². The van der Waals surface area contributed by atoms with Gasteiger partial charge in [0.05, 0.1) is 0 Å². The van der Waals surface area contributed by atoms with Crippen molar-refractivity contribution in [3.05, 3.63) is 11.6 Å². The van der Waals surface area contributed by atoms with Crippen molar-refractivity contribution in [2.75, 3.05) is 21.3 Å². The molecule has 0 amide bonds. The van der Waals surface area contributed by atoms with Crippen LogP contribution in [0.3, 0.4) is 0 Å². The molecule has 5 nitrogen and oxygen atoms in total. The van der Waals surface area contributed by atoms with Gasteiger partial charge in [0.2, 0.25) is 0 Å². The van der Waals surface area contributed by atoms with Crippen molar-refractivity contribution in [1.29, 1.82) is 0 Å². The number of rotatable bonds is 9. The first kappa shape index (κ1) is 17.3. The fraction of sp³-hybridized carbons (Fsp3) is 0.750. The van der Waals surface area contributed by atoms with Crippen molar-refractivity contribution in [3.8, 4) is 0 Å². The highest BCUT2D eigenvalue weighted by Crippen LogP contribution is 2.32. The molecule has 18 heavy (non-hydrogen) atoms. The summed E-state index contributed by atoms with van der Waals surface area (Å²) in [5.74, 6) is -0.878. The number of hydrogen-bond donors (Lipinski definition) is 1. The molecule has 106 valence electrons. The zero-order valence-electron chi connectivity index (χ0n) is 11.9. The second-order valence-electron chi connectivity index (χ2n) is 4.09. The third-order valence-corrected chi connectivity index (χ3v) is 6.55. The van der Waals surface area contributed by atoms with Gasteiger partial charge in [0.15, 0.2) is 0 Å². The molecule has 0 rings (SSSR count). The Balaban J connectivity index is 4.60. The standard InChI is InChI=1S/C12H24O5Si/c1-6-11(18(15-3,16-4)17-5)9-7-8-10(2)12(13)14/h8,11H,6-7,9H2,1-5H3,(H,13,14). The molecule has 0 aliphatic rings. The highest BCUT2D eigenvalue weighted by molar-refractivity contribution is 6.62. The molecule has 0 spiro atoms. The first-order valence-corrected chi connectivity index (χ1v) is 7.83. The van der Waals surface area contributed by atoms with E-state index in [1.165, 1.54) is 0 Å². The maximum absolute atomic E-state index is 10.7. The Morgan fingerprint density at radius 2 is 1.78 bits per heavy atom. The lowest BCUT2D eigenvalue weighted by atomic mass is 10.1. The molecule has 0 aromatic carbocycles. The quantitative estimate of drug-likeness (QED) is 0.517. The molecular weight excluding hydrogens is 252 g/mol. The molecule has 0 aromatic heterocycles. The molecule has 0 bridgehead atoms. The van der Waals surface area contributed by atoms with Crippen LogP contribution in [-0.4, -0.2) is 41.2 Å². The lowest BCUT2D eigenvalue weighted by Gasteiger charge is -2.31. The Hall–Kier alpha value is -0.693. The van der Waals surface area contributed by atoms with E-state index < -0.39 is 14.8 Å². The van der Waals surface area contributed by atoms with Crippen molar-refractivity contribution in [3.63, 3.8) is 0 Å². The molecule has 0 aromatic rings. The van der Waals surface area contributed by atoms with Crippen LogP contribution in [-0.2, 0) is 18.1 Å². The molecule has 0 aliphatic carbocycles. The molecule has 0 aliphatic heterocycles. The summed E-state index contributed by atoms with van der Waals surface area (Å²) < 4.78 is 16.4. The van der Waals surface area contributed by atoms with Gasteiger partial charge in [0, 0.05) is 32.4 Å². The summed E-state index contributed by atoms with van der Waals surface area (Å²) in [4.78, 5) is 10.7. The fourth-order valence-corrected chi connectivity index (χ4v) is 4.49. The number of carboxylic acid groups (broad SMARTS) is 1. The predicted molar refractivity (Wildman–Crippen MR) is 71.4 cm³/mol. The molecule has 0 fully saturated rings. The van der Waals surface area contributed by atoms with Crippen molar-refractivity contribution in [2.24, 2.45) is 0 Å². The number of allylic oxidation sites excluding steroid dienone is 1. The van der Waals surface area contributed by atoms with E-state index in [2.05, 4.69) is 6.92 Å². The Bertz CT molecular complexity index is 278. The lowest BCUT2D eigenvalue weighted by molar-refractivity contribution is -0.132. The molecule has 0 radical (unpaired) electrons. The molecular formula is C12H24O5Si. The number of carboxylic acids is 1. The van der Waals surface area contributed by atoms with Crippen LogP contribution in [0, 0.1) is 0 Å². The average molecular weight is 276 g/mol. The van der Waals surface area contributed by atoms with E-state index in [-0.39, 0.29) is 5.54 Å². The van der Waals surface area contributed by atoms with Crippen LogP contribution in [0.4, 0.5) is 0 Å². The van der Waals surface area contributed by atoms with Gasteiger partial charge in [-0.3, -0.25) is 0 Å². The molecule has 1 atom stereocenters. The highest BCUT2D eigenvalue weighted by atomic mass is 28.4. The molecule has 0 saturated carbocycles. The van der Waals surface area contributed by atoms with E-state index >= 15 is 0 Å². The van der Waals surface area contributed by atoms with E-state index in [9.17, 15) is 4.79 Å². The summed E-state index contributed by atoms with van der Waals surface area (Å²) in [5, 5.41) is 8.77. The Kier molecular flexibility index (Phi) is 8.09. The molecule has 1 unspecified atom stereocenters. The Labute approximate surface area is 110 Å². The first-order valence-electron chi connectivity index (χ1n) is 6.02. The van der Waals surface area contributed by atoms with Crippen molar-refractivity contribution < 1.29 is 23.2 Å². The summed E-state index contributed by atoms with van der Waals surface area (Å²) in [6, 6.07) is 0. The lowest BCUT2D eigenvalue weighted by Crippen LogP contribution is -2.47. The summed E-state index contributed by atoms with van der Waals surface area (Å²) in [5.41, 5.74) is 0.541. The molecule has 0 heterocycles. The minimum atomic E-state index is -2.62. The van der Waals surface area contributed by atoms with E-state index in [4.69, 9.17) is 18.4 Å². The highest BCUT2D eigenvalue weighted by Gasteiger charge is 2.45. The van der Waals surface area contributed by atoms with Gasteiger partial charge in [-0.05, 0) is 26.2 Å². The second-order valence-corrected chi connectivity index (χ2v) is 7.34. The molecule has 6 heteroatoms. The van der Waals surface area contributed by atoms with E-state index in [1.54, 1.807) is 34.3 Å². The van der Waals surface area contributed by atoms with Crippen LogP contribution in [0.25, 0.3) is 0 Å². The summed E-state index contributed by atoms with van der Waals surface area (Å²) >= 11 is 0. The van der Waals surface area contributed by atoms with Gasteiger partial charge in [-0.25, -0.2) is 4.79 Å². The molecule has 1 N–H and O–H groups in total. The predicted octanol–water partition coefficient (Wildman–Crippen LogP) is 2.46. The Morgan fingerprint density at radius 3 is 2.11 bits per heavy atom. The van der Waals surface area contributed by atoms with E-state index in [1.807, 2.05) is 0 Å². The SMILES string of the molecule is CCC(CCC=C(C)C(=O)O)[Si](OC)(OC)OC.